The molecule has 2 heterocycles. The molecule has 4 heteroatoms. The number of hydrogen-bond donors (Lipinski definition) is 0. The van der Waals surface area contributed by atoms with Gasteiger partial charge in [-0.05, 0) is 48.5 Å². The quantitative estimate of drug-likeness (QED) is 0.289. The third-order valence-corrected chi connectivity index (χ3v) is 5.81. The fourth-order valence-electron chi connectivity index (χ4n) is 4.13. The fourth-order valence-corrected chi connectivity index (χ4v) is 4.37. The SMILES string of the molecule is Clc1nc(-c2ccc(-n3c4ccccc4c4ccccc43)cc2)nc2ccccc12. The molecule has 0 atom stereocenters. The van der Waals surface area contributed by atoms with Crippen LogP contribution in [0, 0.1) is 0 Å². The van der Waals surface area contributed by atoms with Crippen LogP contribution in [0.25, 0.3) is 49.8 Å². The van der Waals surface area contributed by atoms with Crippen molar-refractivity contribution in [3.05, 3.63) is 102 Å². The van der Waals surface area contributed by atoms with Crippen LogP contribution in [0.15, 0.2) is 97.1 Å². The number of hydrogen-bond acceptors (Lipinski definition) is 2. The van der Waals surface area contributed by atoms with Crippen LogP contribution in [0.2, 0.25) is 5.15 Å². The summed E-state index contributed by atoms with van der Waals surface area (Å²) in [5.74, 6) is 0.632. The van der Waals surface area contributed by atoms with Crippen LogP contribution in [-0.2, 0) is 0 Å². The lowest BCUT2D eigenvalue weighted by Crippen LogP contribution is -1.95. The molecule has 0 spiro atoms. The largest absolute Gasteiger partial charge is 0.309 e. The highest BCUT2D eigenvalue weighted by atomic mass is 35.5. The molecule has 0 saturated heterocycles. The monoisotopic (exact) mass is 405 g/mol. The Morgan fingerprint density at radius 2 is 1.13 bits per heavy atom. The van der Waals surface area contributed by atoms with Gasteiger partial charge in [0.15, 0.2) is 5.82 Å². The molecule has 3 nitrogen and oxygen atoms in total. The third-order valence-electron chi connectivity index (χ3n) is 5.52. The standard InChI is InChI=1S/C26H16ClN3/c27-25-21-9-1-4-10-22(21)28-26(29-25)17-13-15-18(16-14-17)30-23-11-5-2-7-19(23)20-8-3-6-12-24(20)30/h1-16H. The lowest BCUT2D eigenvalue weighted by Gasteiger charge is -2.09. The number of benzene rings is 4. The zero-order valence-corrected chi connectivity index (χ0v) is 16.7. The second kappa shape index (κ2) is 6.68. The summed E-state index contributed by atoms with van der Waals surface area (Å²) in [6.45, 7) is 0. The molecule has 6 rings (SSSR count). The van der Waals surface area contributed by atoms with Gasteiger partial charge in [0, 0.05) is 27.4 Å². The van der Waals surface area contributed by atoms with Gasteiger partial charge in [-0.15, -0.1) is 0 Å². The Bertz CT molecular complexity index is 1500. The van der Waals surface area contributed by atoms with Gasteiger partial charge >= 0.3 is 0 Å². The van der Waals surface area contributed by atoms with Crippen LogP contribution in [0.4, 0.5) is 0 Å². The summed E-state index contributed by atoms with van der Waals surface area (Å²) in [4.78, 5) is 9.21. The summed E-state index contributed by atoms with van der Waals surface area (Å²) in [6, 6.07) is 33.1. The van der Waals surface area contributed by atoms with Gasteiger partial charge in [-0.2, -0.15) is 0 Å². The zero-order chi connectivity index (χ0) is 20.1. The van der Waals surface area contributed by atoms with E-state index in [2.05, 4.69) is 82.3 Å². The van der Waals surface area contributed by atoms with Crippen molar-refractivity contribution in [2.45, 2.75) is 0 Å². The van der Waals surface area contributed by atoms with Crippen LogP contribution in [0.5, 0.6) is 0 Å². The minimum absolute atomic E-state index is 0.474. The molecule has 0 unspecified atom stereocenters. The van der Waals surface area contributed by atoms with E-state index in [4.69, 9.17) is 16.6 Å². The topological polar surface area (TPSA) is 30.7 Å². The molecular weight excluding hydrogens is 390 g/mol. The van der Waals surface area contributed by atoms with Crippen molar-refractivity contribution < 1.29 is 0 Å². The van der Waals surface area contributed by atoms with Gasteiger partial charge in [-0.1, -0.05) is 60.1 Å². The average molecular weight is 406 g/mol. The second-order valence-corrected chi connectivity index (χ2v) is 7.63. The van der Waals surface area contributed by atoms with Crippen molar-refractivity contribution in [1.82, 2.24) is 14.5 Å². The molecular formula is C26H16ClN3. The van der Waals surface area contributed by atoms with Crippen molar-refractivity contribution >= 4 is 44.3 Å². The number of fused-ring (bicyclic) bond motifs is 4. The molecule has 0 amide bonds. The Hall–Kier alpha value is -3.69. The molecule has 0 fully saturated rings. The summed E-state index contributed by atoms with van der Waals surface area (Å²) in [5, 5.41) is 3.84. The fraction of sp³-hybridized carbons (Fsp3) is 0. The van der Waals surface area contributed by atoms with Gasteiger partial charge in [0.1, 0.15) is 5.15 Å². The van der Waals surface area contributed by atoms with Gasteiger partial charge in [-0.3, -0.25) is 0 Å². The molecule has 6 aromatic rings. The third kappa shape index (κ3) is 2.60. The van der Waals surface area contributed by atoms with Gasteiger partial charge in [-0.25, -0.2) is 9.97 Å². The van der Waals surface area contributed by atoms with Crippen LogP contribution in [-0.4, -0.2) is 14.5 Å². The van der Waals surface area contributed by atoms with Crippen molar-refractivity contribution in [1.29, 1.82) is 0 Å². The molecule has 2 aromatic heterocycles. The number of aromatic nitrogens is 3. The van der Waals surface area contributed by atoms with Gasteiger partial charge in [0.2, 0.25) is 0 Å². The number of rotatable bonds is 2. The maximum absolute atomic E-state index is 6.40. The van der Waals surface area contributed by atoms with E-state index in [9.17, 15) is 0 Å². The molecule has 30 heavy (non-hydrogen) atoms. The molecule has 0 aliphatic rings. The zero-order valence-electron chi connectivity index (χ0n) is 16.0. The first-order valence-corrected chi connectivity index (χ1v) is 10.2. The Kier molecular flexibility index (Phi) is 3.83. The van der Waals surface area contributed by atoms with Crippen LogP contribution in [0.1, 0.15) is 0 Å². The van der Waals surface area contributed by atoms with Gasteiger partial charge in [0.25, 0.3) is 0 Å². The Morgan fingerprint density at radius 3 is 1.80 bits per heavy atom. The first-order valence-electron chi connectivity index (χ1n) is 9.81. The van der Waals surface area contributed by atoms with E-state index < -0.39 is 0 Å². The lowest BCUT2D eigenvalue weighted by atomic mass is 10.1. The maximum Gasteiger partial charge on any atom is 0.161 e. The predicted molar refractivity (Wildman–Crippen MR) is 124 cm³/mol. The lowest BCUT2D eigenvalue weighted by molar-refractivity contribution is 1.17. The van der Waals surface area contributed by atoms with Crippen molar-refractivity contribution in [3.63, 3.8) is 0 Å². The summed E-state index contributed by atoms with van der Waals surface area (Å²) in [5.41, 5.74) is 5.27. The summed E-state index contributed by atoms with van der Waals surface area (Å²) < 4.78 is 2.29. The predicted octanol–water partition coefficient (Wildman–Crippen LogP) is 7.05. The van der Waals surface area contributed by atoms with Crippen molar-refractivity contribution in [2.24, 2.45) is 0 Å². The van der Waals surface area contributed by atoms with Gasteiger partial charge < -0.3 is 4.57 Å². The van der Waals surface area contributed by atoms with Crippen molar-refractivity contribution in [2.75, 3.05) is 0 Å². The molecule has 4 aromatic carbocycles. The first-order chi connectivity index (χ1) is 14.8. The maximum atomic E-state index is 6.40. The Balaban J connectivity index is 1.51. The van der Waals surface area contributed by atoms with E-state index >= 15 is 0 Å². The molecule has 0 aliphatic carbocycles. The highest BCUT2D eigenvalue weighted by molar-refractivity contribution is 6.34. The van der Waals surface area contributed by atoms with E-state index in [0.29, 0.717) is 11.0 Å². The summed E-state index contributed by atoms with van der Waals surface area (Å²) in [6.07, 6.45) is 0. The molecule has 142 valence electrons. The van der Waals surface area contributed by atoms with E-state index in [1.54, 1.807) is 0 Å². The number of nitrogens with zero attached hydrogens (tertiary/aromatic N) is 3. The second-order valence-electron chi connectivity index (χ2n) is 7.27. The highest BCUT2D eigenvalue weighted by Crippen LogP contribution is 2.32. The average Bonchev–Trinajstić information content (AvgIpc) is 3.14. The smallest absolute Gasteiger partial charge is 0.161 e. The number of para-hydroxylation sites is 3. The van der Waals surface area contributed by atoms with E-state index in [1.165, 1.54) is 21.8 Å². The van der Waals surface area contributed by atoms with Crippen molar-refractivity contribution in [3.8, 4) is 17.1 Å². The normalized spacial score (nSPS) is 11.5. The molecule has 0 N–H and O–H groups in total. The number of halogens is 1. The van der Waals surface area contributed by atoms with Crippen LogP contribution >= 0.6 is 11.6 Å². The molecule has 0 saturated carbocycles. The molecule has 0 aliphatic heterocycles. The summed E-state index contributed by atoms with van der Waals surface area (Å²) in [7, 11) is 0. The first kappa shape index (κ1) is 17.2. The van der Waals surface area contributed by atoms with Crippen LogP contribution < -0.4 is 0 Å². The minimum atomic E-state index is 0.474. The van der Waals surface area contributed by atoms with E-state index in [1.807, 2.05) is 24.3 Å². The van der Waals surface area contributed by atoms with E-state index in [-0.39, 0.29) is 0 Å². The minimum Gasteiger partial charge on any atom is -0.309 e. The highest BCUT2D eigenvalue weighted by Gasteiger charge is 2.12. The summed E-state index contributed by atoms with van der Waals surface area (Å²) >= 11 is 6.40. The Morgan fingerprint density at radius 1 is 0.567 bits per heavy atom. The van der Waals surface area contributed by atoms with Crippen LogP contribution in [0.3, 0.4) is 0 Å². The Labute approximate surface area is 178 Å². The molecule has 0 bridgehead atoms. The van der Waals surface area contributed by atoms with E-state index in [0.717, 1.165) is 22.2 Å². The van der Waals surface area contributed by atoms with Gasteiger partial charge in [0.05, 0.1) is 16.6 Å². The molecule has 0 radical (unpaired) electrons.